The summed E-state index contributed by atoms with van der Waals surface area (Å²) in [5.41, 5.74) is 1.57. The van der Waals surface area contributed by atoms with Crippen molar-refractivity contribution in [3.63, 3.8) is 0 Å². The fourth-order valence-corrected chi connectivity index (χ4v) is 4.06. The van der Waals surface area contributed by atoms with Crippen LogP contribution in [-0.4, -0.2) is 72.2 Å². The molecule has 37 heavy (non-hydrogen) atoms. The first-order valence-corrected chi connectivity index (χ1v) is 11.9. The van der Waals surface area contributed by atoms with E-state index in [2.05, 4.69) is 6.58 Å². The molecule has 2 N–H and O–H groups in total. The Labute approximate surface area is 215 Å². The number of fused-ring (bicyclic) bond motifs is 1. The number of allylic oxidation sites excluding steroid dienone is 1. The van der Waals surface area contributed by atoms with Gasteiger partial charge in [0, 0.05) is 25.3 Å². The Morgan fingerprint density at radius 2 is 1.86 bits per heavy atom. The van der Waals surface area contributed by atoms with E-state index >= 15 is 0 Å². The van der Waals surface area contributed by atoms with Gasteiger partial charge in [-0.25, -0.2) is 14.4 Å². The van der Waals surface area contributed by atoms with Crippen molar-refractivity contribution >= 4 is 23.9 Å². The quantitative estimate of drug-likeness (QED) is 0.212. The predicted octanol–water partition coefficient (Wildman–Crippen LogP) is 2.01. The molecular formula is C27H34O10. The molecule has 0 radical (unpaired) electrons. The molecule has 0 saturated carbocycles. The first-order chi connectivity index (χ1) is 17.5. The van der Waals surface area contributed by atoms with Crippen LogP contribution >= 0.6 is 0 Å². The molecule has 0 amide bonds. The van der Waals surface area contributed by atoms with Crippen LogP contribution in [0.2, 0.25) is 0 Å². The monoisotopic (exact) mass is 518 g/mol. The molecule has 202 valence electrons. The van der Waals surface area contributed by atoms with Crippen LogP contribution in [0, 0.1) is 5.92 Å². The van der Waals surface area contributed by atoms with E-state index in [0.717, 1.165) is 11.6 Å². The smallest absolute Gasteiger partial charge is 0.337 e. The normalized spacial score (nSPS) is 27.6. The molecule has 0 unspecified atom stereocenters. The Balaban J connectivity index is 2.29. The molecule has 2 rings (SSSR count). The van der Waals surface area contributed by atoms with Gasteiger partial charge in [0.25, 0.3) is 0 Å². The van der Waals surface area contributed by atoms with Crippen LogP contribution in [0.5, 0.6) is 0 Å². The number of rotatable bonds is 8. The maximum Gasteiger partial charge on any atom is 0.337 e. The van der Waals surface area contributed by atoms with Crippen molar-refractivity contribution in [2.24, 2.45) is 5.92 Å². The lowest BCUT2D eigenvalue weighted by Crippen LogP contribution is -2.35. The largest absolute Gasteiger partial charge is 0.458 e. The zero-order chi connectivity index (χ0) is 27.7. The lowest BCUT2D eigenvalue weighted by atomic mass is 9.85. The van der Waals surface area contributed by atoms with Gasteiger partial charge in [-0.3, -0.25) is 4.79 Å². The molecule has 1 saturated heterocycles. The number of ether oxygens (including phenoxy) is 4. The molecule has 10 heteroatoms. The van der Waals surface area contributed by atoms with E-state index in [1.54, 1.807) is 19.9 Å². The van der Waals surface area contributed by atoms with Gasteiger partial charge >= 0.3 is 23.9 Å². The number of esters is 4. The van der Waals surface area contributed by atoms with Gasteiger partial charge in [-0.15, -0.1) is 0 Å². The van der Waals surface area contributed by atoms with Crippen molar-refractivity contribution in [1.29, 1.82) is 0 Å². The highest BCUT2D eigenvalue weighted by atomic mass is 16.6. The van der Waals surface area contributed by atoms with Crippen LogP contribution < -0.4 is 0 Å². The Morgan fingerprint density at radius 3 is 2.46 bits per heavy atom. The molecule has 1 fully saturated rings. The standard InChI is InChI=1S/C27H34O10/c1-6-19(14-34-26(32)20(13-29)9-10-28)27(33)37-22-11-15(2)7-8-21(35-18(5)30)16(3)12-23-24(22)17(4)25(31)36-23/h6-7,9,12,21-24,28-29H,4,8,10-11,13-14H2,1-3,5H3/b15-7+,16-12-,19-6+,20-9+/t21-,22+,23-,24+/m0/s1. The highest BCUT2D eigenvalue weighted by molar-refractivity contribution is 5.93. The van der Waals surface area contributed by atoms with E-state index in [1.807, 2.05) is 13.0 Å². The fraction of sp³-hybridized carbons (Fsp3) is 0.481. The lowest BCUT2D eigenvalue weighted by Gasteiger charge is -2.28. The Kier molecular flexibility index (Phi) is 11.0. The van der Waals surface area contributed by atoms with Crippen LogP contribution in [0.1, 0.15) is 40.5 Å². The summed E-state index contributed by atoms with van der Waals surface area (Å²) in [6, 6.07) is 0. The van der Waals surface area contributed by atoms with Crippen LogP contribution in [-0.2, 0) is 38.1 Å². The zero-order valence-electron chi connectivity index (χ0n) is 21.5. The van der Waals surface area contributed by atoms with Gasteiger partial charge < -0.3 is 29.2 Å². The van der Waals surface area contributed by atoms with Crippen molar-refractivity contribution in [2.75, 3.05) is 19.8 Å². The van der Waals surface area contributed by atoms with Gasteiger partial charge in [-0.05, 0) is 38.5 Å². The van der Waals surface area contributed by atoms with Crippen molar-refractivity contribution in [3.8, 4) is 0 Å². The van der Waals surface area contributed by atoms with E-state index in [4.69, 9.17) is 24.1 Å². The first-order valence-electron chi connectivity index (χ1n) is 11.9. The van der Waals surface area contributed by atoms with E-state index in [0.29, 0.717) is 12.0 Å². The van der Waals surface area contributed by atoms with Gasteiger partial charge in [0.05, 0.1) is 30.3 Å². The van der Waals surface area contributed by atoms with Crippen molar-refractivity contribution in [1.82, 2.24) is 0 Å². The average molecular weight is 519 g/mol. The number of aliphatic hydroxyl groups excluding tert-OH is 2. The van der Waals surface area contributed by atoms with Crippen molar-refractivity contribution < 1.29 is 48.3 Å². The minimum absolute atomic E-state index is 0.0439. The summed E-state index contributed by atoms with van der Waals surface area (Å²) < 4.78 is 21.8. The summed E-state index contributed by atoms with van der Waals surface area (Å²) in [6.45, 7) is 8.84. The highest BCUT2D eigenvalue weighted by Gasteiger charge is 2.45. The molecule has 1 aliphatic carbocycles. The number of carbonyl (C=O) groups is 4. The Hall–Kier alpha value is -3.50. The van der Waals surface area contributed by atoms with Gasteiger partial charge in [0.1, 0.15) is 24.9 Å². The molecule has 2 aliphatic rings. The number of aliphatic hydroxyl groups is 2. The van der Waals surface area contributed by atoms with Crippen molar-refractivity contribution in [3.05, 3.63) is 58.7 Å². The molecule has 0 aromatic heterocycles. The molecular weight excluding hydrogens is 484 g/mol. The summed E-state index contributed by atoms with van der Waals surface area (Å²) in [7, 11) is 0. The van der Waals surface area contributed by atoms with Crippen LogP contribution in [0.15, 0.2) is 58.7 Å². The zero-order valence-corrected chi connectivity index (χ0v) is 21.5. The summed E-state index contributed by atoms with van der Waals surface area (Å²) in [5.74, 6) is -3.38. The maximum absolute atomic E-state index is 13.1. The molecule has 1 aliphatic heterocycles. The van der Waals surface area contributed by atoms with E-state index in [1.165, 1.54) is 13.0 Å². The van der Waals surface area contributed by atoms with Gasteiger partial charge in [0.15, 0.2) is 0 Å². The third kappa shape index (κ3) is 7.99. The van der Waals surface area contributed by atoms with Crippen molar-refractivity contribution in [2.45, 2.75) is 58.8 Å². The summed E-state index contributed by atoms with van der Waals surface area (Å²) in [6.07, 6.45) is 4.62. The first kappa shape index (κ1) is 29.7. The topological polar surface area (TPSA) is 146 Å². The lowest BCUT2D eigenvalue weighted by molar-refractivity contribution is -0.149. The number of carbonyl (C=O) groups excluding carboxylic acids is 4. The third-order valence-corrected chi connectivity index (χ3v) is 6.11. The van der Waals surface area contributed by atoms with Gasteiger partial charge in [-0.1, -0.05) is 24.3 Å². The van der Waals surface area contributed by atoms with Gasteiger partial charge in [-0.2, -0.15) is 0 Å². The minimum Gasteiger partial charge on any atom is -0.458 e. The average Bonchev–Trinajstić information content (AvgIpc) is 3.11. The van der Waals surface area contributed by atoms with Crippen LogP contribution in [0.25, 0.3) is 0 Å². The maximum atomic E-state index is 13.1. The second-order valence-corrected chi connectivity index (χ2v) is 8.82. The summed E-state index contributed by atoms with van der Waals surface area (Å²) >= 11 is 0. The molecule has 0 aromatic carbocycles. The summed E-state index contributed by atoms with van der Waals surface area (Å²) in [4.78, 5) is 49.2. The number of hydrogen-bond donors (Lipinski definition) is 2. The molecule has 0 spiro atoms. The molecule has 0 bridgehead atoms. The fourth-order valence-electron chi connectivity index (χ4n) is 4.06. The minimum atomic E-state index is -0.882. The Morgan fingerprint density at radius 1 is 1.16 bits per heavy atom. The van der Waals surface area contributed by atoms with Gasteiger partial charge in [0.2, 0.25) is 0 Å². The van der Waals surface area contributed by atoms with E-state index in [-0.39, 0.29) is 23.1 Å². The summed E-state index contributed by atoms with van der Waals surface area (Å²) in [5, 5.41) is 18.2. The SMILES string of the molecule is C=C1C(=O)O[C@H]2/C=C(/C)[C@@H](OC(C)=O)C/C=C(\C)C[C@@H](OC(=O)/C(=C/C)COC(=O)/C(=C/CO)CO)[C@@H]12. The Bertz CT molecular complexity index is 1050. The molecule has 4 atom stereocenters. The predicted molar refractivity (Wildman–Crippen MR) is 132 cm³/mol. The second kappa shape index (κ2) is 13.7. The third-order valence-electron chi connectivity index (χ3n) is 6.11. The van der Waals surface area contributed by atoms with Crippen LogP contribution in [0.3, 0.4) is 0 Å². The molecule has 1 heterocycles. The van der Waals surface area contributed by atoms with E-state index in [9.17, 15) is 24.3 Å². The van der Waals surface area contributed by atoms with E-state index < -0.39 is 67.9 Å². The second-order valence-electron chi connectivity index (χ2n) is 8.82. The molecule has 10 nitrogen and oxygen atoms in total. The number of hydrogen-bond acceptors (Lipinski definition) is 10. The molecule has 0 aromatic rings. The highest BCUT2D eigenvalue weighted by Crippen LogP contribution is 2.36. The van der Waals surface area contributed by atoms with Crippen LogP contribution in [0.4, 0.5) is 0 Å².